The Morgan fingerprint density at radius 1 is 1.28 bits per heavy atom. The Bertz CT molecular complexity index is 563. The molecule has 94 valence electrons. The first kappa shape index (κ1) is 12.4. The van der Waals surface area contributed by atoms with E-state index in [0.29, 0.717) is 12.1 Å². The molecule has 0 spiro atoms. The molecule has 0 bridgehead atoms. The van der Waals surface area contributed by atoms with E-state index in [4.69, 9.17) is 0 Å². The minimum Gasteiger partial charge on any atom is -0.507 e. The Morgan fingerprint density at radius 2 is 2.06 bits per heavy atom. The summed E-state index contributed by atoms with van der Waals surface area (Å²) in [6, 6.07) is 10.8. The Balaban J connectivity index is 2.26. The Hall–Kier alpha value is -2.03. The minimum absolute atomic E-state index is 0.135. The lowest BCUT2D eigenvalue weighted by Crippen LogP contribution is -2.24. The molecule has 1 amide bonds. The molecule has 3 heteroatoms. The van der Waals surface area contributed by atoms with Gasteiger partial charge in [-0.1, -0.05) is 37.6 Å². The maximum atomic E-state index is 11.9. The van der Waals surface area contributed by atoms with Crippen molar-refractivity contribution in [3.63, 3.8) is 0 Å². The predicted octanol–water partition coefficient (Wildman–Crippen LogP) is 3.08. The second-order valence-corrected chi connectivity index (χ2v) is 4.33. The maximum absolute atomic E-state index is 11.9. The smallest absolute Gasteiger partial charge is 0.251 e. The SMILES string of the molecule is CCCCNC(=O)c1cc(O)c2ccccc2c1. The summed E-state index contributed by atoms with van der Waals surface area (Å²) in [7, 11) is 0. The van der Waals surface area contributed by atoms with Gasteiger partial charge in [-0.15, -0.1) is 0 Å². The zero-order valence-corrected chi connectivity index (χ0v) is 10.4. The van der Waals surface area contributed by atoms with Crippen LogP contribution in [-0.4, -0.2) is 17.6 Å². The highest BCUT2D eigenvalue weighted by Gasteiger charge is 2.08. The number of hydrogen-bond acceptors (Lipinski definition) is 2. The molecule has 0 aromatic heterocycles. The van der Waals surface area contributed by atoms with Crippen LogP contribution in [0.5, 0.6) is 5.75 Å². The first-order valence-corrected chi connectivity index (χ1v) is 6.22. The molecule has 0 atom stereocenters. The van der Waals surface area contributed by atoms with E-state index in [0.717, 1.165) is 23.6 Å². The van der Waals surface area contributed by atoms with Crippen molar-refractivity contribution in [1.82, 2.24) is 5.32 Å². The lowest BCUT2D eigenvalue weighted by atomic mass is 10.1. The number of carbonyl (C=O) groups is 1. The third-order valence-electron chi connectivity index (χ3n) is 2.92. The number of hydrogen-bond donors (Lipinski definition) is 2. The number of amides is 1. The third kappa shape index (κ3) is 2.62. The Labute approximate surface area is 106 Å². The summed E-state index contributed by atoms with van der Waals surface area (Å²) in [5, 5.41) is 14.4. The van der Waals surface area contributed by atoms with Crippen LogP contribution in [0.3, 0.4) is 0 Å². The van der Waals surface area contributed by atoms with Crippen molar-refractivity contribution < 1.29 is 9.90 Å². The fraction of sp³-hybridized carbons (Fsp3) is 0.267. The average Bonchev–Trinajstić information content (AvgIpc) is 2.39. The number of benzene rings is 2. The zero-order valence-electron chi connectivity index (χ0n) is 10.4. The molecule has 0 heterocycles. The molecule has 0 aliphatic carbocycles. The van der Waals surface area contributed by atoms with E-state index in [9.17, 15) is 9.90 Å². The van der Waals surface area contributed by atoms with Gasteiger partial charge in [-0.3, -0.25) is 4.79 Å². The van der Waals surface area contributed by atoms with Crippen LogP contribution in [0.15, 0.2) is 36.4 Å². The number of unbranched alkanes of at least 4 members (excludes halogenated alkanes) is 1. The number of phenolic OH excluding ortho intramolecular Hbond substituents is 1. The van der Waals surface area contributed by atoms with Crippen LogP contribution >= 0.6 is 0 Å². The van der Waals surface area contributed by atoms with E-state index in [1.165, 1.54) is 6.07 Å². The molecule has 2 N–H and O–H groups in total. The van der Waals surface area contributed by atoms with Crippen LogP contribution in [0.4, 0.5) is 0 Å². The summed E-state index contributed by atoms with van der Waals surface area (Å²) in [5.41, 5.74) is 0.502. The second kappa shape index (κ2) is 5.54. The lowest BCUT2D eigenvalue weighted by molar-refractivity contribution is 0.0953. The maximum Gasteiger partial charge on any atom is 0.251 e. The van der Waals surface area contributed by atoms with Crippen LogP contribution in [-0.2, 0) is 0 Å². The summed E-state index contributed by atoms with van der Waals surface area (Å²) in [5.74, 6) is 0.0123. The molecule has 3 nitrogen and oxygen atoms in total. The normalized spacial score (nSPS) is 10.5. The van der Waals surface area contributed by atoms with Crippen molar-refractivity contribution in [2.24, 2.45) is 0 Å². The molecule has 0 aliphatic heterocycles. The molecule has 2 aromatic rings. The molecular weight excluding hydrogens is 226 g/mol. The van der Waals surface area contributed by atoms with E-state index in [1.54, 1.807) is 6.07 Å². The van der Waals surface area contributed by atoms with Gasteiger partial charge in [0.05, 0.1) is 0 Å². The second-order valence-electron chi connectivity index (χ2n) is 4.33. The van der Waals surface area contributed by atoms with Gasteiger partial charge in [-0.25, -0.2) is 0 Å². The van der Waals surface area contributed by atoms with Gasteiger partial charge in [0.1, 0.15) is 5.75 Å². The summed E-state index contributed by atoms with van der Waals surface area (Å²) < 4.78 is 0. The standard InChI is InChI=1S/C15H17NO2/c1-2-3-8-16-15(18)12-9-11-6-4-5-7-13(11)14(17)10-12/h4-7,9-10,17H,2-3,8H2,1H3,(H,16,18). The lowest BCUT2D eigenvalue weighted by Gasteiger charge is -2.07. The number of fused-ring (bicyclic) bond motifs is 1. The quantitative estimate of drug-likeness (QED) is 0.811. The van der Waals surface area contributed by atoms with Crippen molar-refractivity contribution >= 4 is 16.7 Å². The Kier molecular flexibility index (Phi) is 3.82. The molecule has 18 heavy (non-hydrogen) atoms. The molecule has 0 fully saturated rings. The van der Waals surface area contributed by atoms with Crippen molar-refractivity contribution in [3.05, 3.63) is 42.0 Å². The van der Waals surface area contributed by atoms with E-state index < -0.39 is 0 Å². The molecule has 0 saturated heterocycles. The molecule has 0 saturated carbocycles. The van der Waals surface area contributed by atoms with Gasteiger partial charge in [-0.2, -0.15) is 0 Å². The van der Waals surface area contributed by atoms with Gasteiger partial charge in [0.25, 0.3) is 5.91 Å². The third-order valence-corrected chi connectivity index (χ3v) is 2.92. The van der Waals surface area contributed by atoms with Crippen LogP contribution in [0, 0.1) is 0 Å². The largest absolute Gasteiger partial charge is 0.507 e. The van der Waals surface area contributed by atoms with Gasteiger partial charge in [-0.05, 0) is 23.9 Å². The van der Waals surface area contributed by atoms with E-state index in [2.05, 4.69) is 12.2 Å². The van der Waals surface area contributed by atoms with Crippen LogP contribution in [0.25, 0.3) is 10.8 Å². The molecule has 0 radical (unpaired) electrons. The highest BCUT2D eigenvalue weighted by Crippen LogP contribution is 2.26. The van der Waals surface area contributed by atoms with Crippen LogP contribution < -0.4 is 5.32 Å². The molecular formula is C15H17NO2. The molecule has 2 rings (SSSR count). The first-order chi connectivity index (χ1) is 8.72. The number of nitrogens with one attached hydrogen (secondary N) is 1. The van der Waals surface area contributed by atoms with E-state index in [1.807, 2.05) is 24.3 Å². The summed E-state index contributed by atoms with van der Waals surface area (Å²) in [6.07, 6.45) is 2.01. The highest BCUT2D eigenvalue weighted by molar-refractivity contribution is 6.00. The van der Waals surface area contributed by atoms with Crippen molar-refractivity contribution in [3.8, 4) is 5.75 Å². The van der Waals surface area contributed by atoms with E-state index in [-0.39, 0.29) is 11.7 Å². The van der Waals surface area contributed by atoms with Gasteiger partial charge in [0.2, 0.25) is 0 Å². The fourth-order valence-corrected chi connectivity index (χ4v) is 1.90. The number of aromatic hydroxyl groups is 1. The molecule has 0 unspecified atom stereocenters. The summed E-state index contributed by atoms with van der Waals surface area (Å²) in [4.78, 5) is 11.9. The van der Waals surface area contributed by atoms with E-state index >= 15 is 0 Å². The fourth-order valence-electron chi connectivity index (χ4n) is 1.90. The van der Waals surface area contributed by atoms with Crippen LogP contribution in [0.2, 0.25) is 0 Å². The van der Waals surface area contributed by atoms with Gasteiger partial charge < -0.3 is 10.4 Å². The minimum atomic E-state index is -0.135. The summed E-state index contributed by atoms with van der Waals surface area (Å²) in [6.45, 7) is 2.75. The Morgan fingerprint density at radius 3 is 2.83 bits per heavy atom. The van der Waals surface area contributed by atoms with Gasteiger partial charge >= 0.3 is 0 Å². The number of carbonyl (C=O) groups excluding carboxylic acids is 1. The highest BCUT2D eigenvalue weighted by atomic mass is 16.3. The number of rotatable bonds is 4. The zero-order chi connectivity index (χ0) is 13.0. The van der Waals surface area contributed by atoms with Crippen LogP contribution in [0.1, 0.15) is 30.1 Å². The van der Waals surface area contributed by atoms with Gasteiger partial charge in [0, 0.05) is 17.5 Å². The molecule has 0 aliphatic rings. The predicted molar refractivity (Wildman–Crippen MR) is 72.9 cm³/mol. The van der Waals surface area contributed by atoms with Gasteiger partial charge in [0.15, 0.2) is 0 Å². The average molecular weight is 243 g/mol. The molecule has 2 aromatic carbocycles. The van der Waals surface area contributed by atoms with Crippen molar-refractivity contribution in [2.45, 2.75) is 19.8 Å². The summed E-state index contributed by atoms with van der Waals surface area (Å²) >= 11 is 0. The van der Waals surface area contributed by atoms with Crippen molar-refractivity contribution in [1.29, 1.82) is 0 Å². The topological polar surface area (TPSA) is 49.3 Å². The first-order valence-electron chi connectivity index (χ1n) is 6.22. The number of phenols is 1. The van der Waals surface area contributed by atoms with Crippen molar-refractivity contribution in [2.75, 3.05) is 6.54 Å². The monoisotopic (exact) mass is 243 g/mol.